The van der Waals surface area contributed by atoms with Gasteiger partial charge in [-0.15, -0.1) is 0 Å². The second kappa shape index (κ2) is 6.17. The highest BCUT2D eigenvalue weighted by Crippen LogP contribution is 2.45. The SMILES string of the molecule is Clc1ccc2ccc(NC3CC(n4c(C5CC5)nc5cccnc54)C3)nc2c1. The van der Waals surface area contributed by atoms with Crippen LogP contribution in [0.3, 0.4) is 0 Å². The molecule has 6 heteroatoms. The van der Waals surface area contributed by atoms with E-state index in [2.05, 4.69) is 27.0 Å². The summed E-state index contributed by atoms with van der Waals surface area (Å²) in [5.74, 6) is 2.76. The summed E-state index contributed by atoms with van der Waals surface area (Å²) in [6.07, 6.45) is 6.51. The molecule has 0 unspecified atom stereocenters. The minimum atomic E-state index is 0.419. The van der Waals surface area contributed by atoms with Crippen LogP contribution in [0.25, 0.3) is 22.1 Å². The first-order valence-electron chi connectivity index (χ1n) is 9.90. The molecule has 0 spiro atoms. The summed E-state index contributed by atoms with van der Waals surface area (Å²) >= 11 is 6.11. The lowest BCUT2D eigenvalue weighted by Crippen LogP contribution is -2.37. The molecular formula is C22H20ClN5. The normalized spacial score (nSPS) is 21.8. The molecule has 3 aromatic heterocycles. The first-order valence-corrected chi connectivity index (χ1v) is 10.3. The van der Waals surface area contributed by atoms with Crippen LogP contribution < -0.4 is 5.32 Å². The second-order valence-electron chi connectivity index (χ2n) is 7.96. The lowest BCUT2D eigenvalue weighted by molar-refractivity contribution is 0.281. The molecule has 2 aliphatic carbocycles. The first kappa shape index (κ1) is 16.3. The van der Waals surface area contributed by atoms with E-state index in [4.69, 9.17) is 21.6 Å². The van der Waals surface area contributed by atoms with Crippen LogP contribution in [0.4, 0.5) is 5.82 Å². The number of halogens is 1. The zero-order valence-corrected chi connectivity index (χ0v) is 16.1. The van der Waals surface area contributed by atoms with Crippen LogP contribution in [0.5, 0.6) is 0 Å². The van der Waals surface area contributed by atoms with Crippen molar-refractivity contribution in [3.8, 4) is 0 Å². The summed E-state index contributed by atoms with van der Waals surface area (Å²) in [5.41, 5.74) is 2.98. The Balaban J connectivity index is 1.23. The average molecular weight is 390 g/mol. The number of pyridine rings is 2. The van der Waals surface area contributed by atoms with Gasteiger partial charge in [-0.1, -0.05) is 17.7 Å². The third-order valence-electron chi connectivity index (χ3n) is 5.90. The van der Waals surface area contributed by atoms with Gasteiger partial charge in [0.2, 0.25) is 0 Å². The number of nitrogens with one attached hydrogen (secondary N) is 1. The molecule has 4 aromatic rings. The molecule has 6 rings (SSSR count). The van der Waals surface area contributed by atoms with E-state index in [1.807, 2.05) is 36.5 Å². The van der Waals surface area contributed by atoms with E-state index in [0.717, 1.165) is 40.7 Å². The third-order valence-corrected chi connectivity index (χ3v) is 6.14. The van der Waals surface area contributed by atoms with E-state index in [1.165, 1.54) is 18.7 Å². The van der Waals surface area contributed by atoms with Crippen LogP contribution >= 0.6 is 11.6 Å². The molecule has 2 saturated carbocycles. The van der Waals surface area contributed by atoms with Gasteiger partial charge < -0.3 is 9.88 Å². The Hall–Kier alpha value is -2.66. The Morgan fingerprint density at radius 2 is 1.86 bits per heavy atom. The summed E-state index contributed by atoms with van der Waals surface area (Å²) in [5, 5.41) is 5.40. The highest BCUT2D eigenvalue weighted by Gasteiger charge is 2.37. The van der Waals surface area contributed by atoms with Crippen molar-refractivity contribution in [1.82, 2.24) is 19.5 Å². The van der Waals surface area contributed by atoms with Crippen molar-refractivity contribution < 1.29 is 0 Å². The van der Waals surface area contributed by atoms with Crippen LogP contribution in [-0.4, -0.2) is 25.6 Å². The third kappa shape index (κ3) is 2.73. The van der Waals surface area contributed by atoms with E-state index in [0.29, 0.717) is 23.0 Å². The van der Waals surface area contributed by atoms with Gasteiger partial charge in [-0.05, 0) is 62.1 Å². The van der Waals surface area contributed by atoms with E-state index in [1.54, 1.807) is 0 Å². The van der Waals surface area contributed by atoms with Gasteiger partial charge >= 0.3 is 0 Å². The van der Waals surface area contributed by atoms with Gasteiger partial charge in [-0.2, -0.15) is 0 Å². The lowest BCUT2D eigenvalue weighted by Gasteiger charge is -2.38. The van der Waals surface area contributed by atoms with Crippen LogP contribution in [0.15, 0.2) is 48.7 Å². The smallest absolute Gasteiger partial charge is 0.160 e. The molecule has 3 heterocycles. The van der Waals surface area contributed by atoms with Crippen molar-refractivity contribution >= 4 is 39.5 Å². The molecule has 0 atom stereocenters. The molecule has 0 bridgehead atoms. The summed E-state index contributed by atoms with van der Waals surface area (Å²) in [4.78, 5) is 14.2. The van der Waals surface area contributed by atoms with Crippen molar-refractivity contribution in [2.24, 2.45) is 0 Å². The van der Waals surface area contributed by atoms with Gasteiger partial charge in [0.1, 0.15) is 17.2 Å². The van der Waals surface area contributed by atoms with E-state index >= 15 is 0 Å². The van der Waals surface area contributed by atoms with Crippen LogP contribution in [0, 0.1) is 0 Å². The van der Waals surface area contributed by atoms with E-state index in [-0.39, 0.29) is 0 Å². The maximum absolute atomic E-state index is 6.11. The average Bonchev–Trinajstić information content (AvgIpc) is 3.45. The highest BCUT2D eigenvalue weighted by atomic mass is 35.5. The maximum atomic E-state index is 6.11. The van der Waals surface area contributed by atoms with Crippen molar-refractivity contribution in [1.29, 1.82) is 0 Å². The number of benzene rings is 1. The van der Waals surface area contributed by atoms with Crippen LogP contribution in [0.2, 0.25) is 5.02 Å². The summed E-state index contributed by atoms with van der Waals surface area (Å²) in [6, 6.07) is 14.9. The second-order valence-corrected chi connectivity index (χ2v) is 8.40. The number of nitrogens with zero attached hydrogens (tertiary/aromatic N) is 4. The monoisotopic (exact) mass is 389 g/mol. The predicted octanol–water partition coefficient (Wildman–Crippen LogP) is 5.33. The zero-order chi connectivity index (χ0) is 18.7. The molecule has 2 fully saturated rings. The highest BCUT2D eigenvalue weighted by molar-refractivity contribution is 6.31. The molecule has 28 heavy (non-hydrogen) atoms. The standard InChI is InChI=1S/C22H20ClN5/c23-15-7-5-13-6-8-20(26-19(13)10-15)25-16-11-17(12-16)28-21(14-3-4-14)27-18-2-1-9-24-22(18)28/h1-2,5-10,14,16-17H,3-4,11-12H2,(H,25,26). The van der Waals surface area contributed by atoms with Gasteiger partial charge in [-0.3, -0.25) is 0 Å². The fraction of sp³-hybridized carbons (Fsp3) is 0.318. The van der Waals surface area contributed by atoms with Gasteiger partial charge in [0.05, 0.1) is 5.52 Å². The van der Waals surface area contributed by atoms with E-state index in [9.17, 15) is 0 Å². The van der Waals surface area contributed by atoms with E-state index < -0.39 is 0 Å². The number of hydrogen-bond acceptors (Lipinski definition) is 4. The number of hydrogen-bond donors (Lipinski definition) is 1. The number of rotatable bonds is 4. The summed E-state index contributed by atoms with van der Waals surface area (Å²) < 4.78 is 2.40. The van der Waals surface area contributed by atoms with Crippen LogP contribution in [0.1, 0.15) is 43.5 Å². The Labute approximate surface area is 167 Å². The van der Waals surface area contributed by atoms with Crippen molar-refractivity contribution in [2.45, 2.75) is 43.7 Å². The van der Waals surface area contributed by atoms with Gasteiger partial charge in [0.25, 0.3) is 0 Å². The van der Waals surface area contributed by atoms with Gasteiger partial charge in [-0.25, -0.2) is 15.0 Å². The molecule has 140 valence electrons. The molecule has 0 amide bonds. The molecule has 1 aromatic carbocycles. The quantitative estimate of drug-likeness (QED) is 0.512. The molecular weight excluding hydrogens is 370 g/mol. The molecule has 1 N–H and O–H groups in total. The maximum Gasteiger partial charge on any atom is 0.160 e. The van der Waals surface area contributed by atoms with Gasteiger partial charge in [0.15, 0.2) is 5.65 Å². The van der Waals surface area contributed by atoms with Crippen molar-refractivity contribution in [3.05, 3.63) is 59.5 Å². The fourth-order valence-corrected chi connectivity index (χ4v) is 4.40. The molecule has 0 radical (unpaired) electrons. The topological polar surface area (TPSA) is 55.6 Å². The number of fused-ring (bicyclic) bond motifs is 2. The predicted molar refractivity (Wildman–Crippen MR) is 112 cm³/mol. The summed E-state index contributed by atoms with van der Waals surface area (Å²) in [6.45, 7) is 0. The minimum Gasteiger partial charge on any atom is -0.367 e. The lowest BCUT2D eigenvalue weighted by atomic mass is 9.86. The van der Waals surface area contributed by atoms with Crippen molar-refractivity contribution in [2.75, 3.05) is 5.32 Å². The Morgan fingerprint density at radius 1 is 1.00 bits per heavy atom. The number of aromatic nitrogens is 4. The number of imidazole rings is 1. The Bertz CT molecular complexity index is 1190. The summed E-state index contributed by atoms with van der Waals surface area (Å²) in [7, 11) is 0. The van der Waals surface area contributed by atoms with Crippen LogP contribution in [-0.2, 0) is 0 Å². The first-order chi connectivity index (χ1) is 13.7. The number of anilines is 1. The molecule has 5 nitrogen and oxygen atoms in total. The fourth-order valence-electron chi connectivity index (χ4n) is 4.23. The molecule has 0 aliphatic heterocycles. The van der Waals surface area contributed by atoms with Crippen molar-refractivity contribution in [3.63, 3.8) is 0 Å². The molecule has 0 saturated heterocycles. The molecule has 2 aliphatic rings. The Kier molecular flexibility index (Phi) is 3.60. The zero-order valence-electron chi connectivity index (χ0n) is 15.3. The largest absolute Gasteiger partial charge is 0.367 e. The Morgan fingerprint density at radius 3 is 2.71 bits per heavy atom. The van der Waals surface area contributed by atoms with Gasteiger partial charge in [0, 0.05) is 34.6 Å². The minimum absolute atomic E-state index is 0.419.